The van der Waals surface area contributed by atoms with E-state index in [9.17, 15) is 0 Å². The first kappa shape index (κ1) is 68.9. The molecular formula is C78H93N9Ru. The van der Waals surface area contributed by atoms with Gasteiger partial charge in [0.25, 0.3) is 0 Å². The molecule has 88 heavy (non-hydrogen) atoms. The number of unbranched alkanes of at least 4 members (excludes halogenated alkanes) is 6. The SMILES string of the molecule is CCCCN(CCCC)c1ccc(C=Cc2ccnc(-c3ccccn3)c2)cc1.CCCCN(CCCC)c1ccc(C=Cc2ccnc(-c3ccccn3)c2)cc1.CCCCN(CCCC)c1ccc(C=Cc2ccnc(-c3ccccn3)c2)cc1.[Ru]. The predicted octanol–water partition coefficient (Wildman–Crippen LogP) is 20.2. The Morgan fingerprint density at radius 3 is 0.693 bits per heavy atom. The average molecular weight is 1260 g/mol. The number of hydrogen-bond acceptors (Lipinski definition) is 9. The second-order valence-corrected chi connectivity index (χ2v) is 21.9. The van der Waals surface area contributed by atoms with Crippen LogP contribution in [0.4, 0.5) is 17.1 Å². The van der Waals surface area contributed by atoms with E-state index in [1.807, 2.05) is 91.4 Å². The number of pyridine rings is 6. The summed E-state index contributed by atoms with van der Waals surface area (Å²) >= 11 is 0. The van der Waals surface area contributed by atoms with Gasteiger partial charge < -0.3 is 14.7 Å². The molecule has 0 saturated carbocycles. The van der Waals surface area contributed by atoms with Crippen molar-refractivity contribution in [2.45, 2.75) is 119 Å². The maximum absolute atomic E-state index is 4.44. The second kappa shape index (κ2) is 40.3. The zero-order valence-electron chi connectivity index (χ0n) is 53.1. The van der Waals surface area contributed by atoms with Crippen LogP contribution in [0.1, 0.15) is 152 Å². The van der Waals surface area contributed by atoms with Gasteiger partial charge in [0.1, 0.15) is 0 Å². The molecule has 0 aliphatic heterocycles. The molecule has 0 fully saturated rings. The van der Waals surface area contributed by atoms with Gasteiger partial charge in [0.2, 0.25) is 0 Å². The van der Waals surface area contributed by atoms with Crippen molar-refractivity contribution in [3.05, 3.63) is 234 Å². The average Bonchev–Trinajstić information content (AvgIpc) is 3.63. The summed E-state index contributed by atoms with van der Waals surface area (Å²) in [5.74, 6) is 0. The van der Waals surface area contributed by atoms with E-state index < -0.39 is 0 Å². The van der Waals surface area contributed by atoms with Crippen molar-refractivity contribution in [2.75, 3.05) is 54.0 Å². The Hall–Kier alpha value is -8.20. The Kier molecular flexibility index (Phi) is 31.6. The second-order valence-electron chi connectivity index (χ2n) is 21.9. The van der Waals surface area contributed by atoms with Crippen molar-refractivity contribution in [3.63, 3.8) is 0 Å². The van der Waals surface area contributed by atoms with Crippen LogP contribution in [0.15, 0.2) is 201 Å². The molecule has 458 valence electrons. The van der Waals surface area contributed by atoms with Crippen LogP contribution in [-0.2, 0) is 19.5 Å². The third kappa shape index (κ3) is 23.8. The minimum atomic E-state index is 0. The maximum Gasteiger partial charge on any atom is 0.0892 e. The van der Waals surface area contributed by atoms with Crippen molar-refractivity contribution in [3.8, 4) is 34.2 Å². The van der Waals surface area contributed by atoms with Gasteiger partial charge in [-0.2, -0.15) is 0 Å². The van der Waals surface area contributed by atoms with E-state index >= 15 is 0 Å². The molecule has 0 aliphatic carbocycles. The van der Waals surface area contributed by atoms with Gasteiger partial charge in [-0.05, 0) is 181 Å². The molecule has 0 radical (unpaired) electrons. The van der Waals surface area contributed by atoms with Crippen LogP contribution in [0.25, 0.3) is 70.6 Å². The molecule has 9 rings (SSSR count). The normalized spacial score (nSPS) is 11.0. The van der Waals surface area contributed by atoms with Crippen LogP contribution in [0.5, 0.6) is 0 Å². The molecule has 0 unspecified atom stereocenters. The minimum absolute atomic E-state index is 0. The molecule has 3 aromatic carbocycles. The summed E-state index contributed by atoms with van der Waals surface area (Å²) in [6.45, 7) is 20.4. The van der Waals surface area contributed by atoms with E-state index in [4.69, 9.17) is 0 Å². The van der Waals surface area contributed by atoms with Crippen molar-refractivity contribution in [1.82, 2.24) is 29.9 Å². The number of hydrogen-bond donors (Lipinski definition) is 0. The standard InChI is InChI=1S/3C26H31N3.Ru/c3*1-3-5-19-29(20-6-4-2)24-14-12-22(13-15-24)10-11-23-16-18-28-26(21-23)25-9-7-8-17-27-25;/h3*7-18,21H,3-6,19-20H2,1-2H3;. The molecule has 0 atom stereocenters. The van der Waals surface area contributed by atoms with Gasteiger partial charge in [0.05, 0.1) is 34.2 Å². The van der Waals surface area contributed by atoms with E-state index in [-0.39, 0.29) is 19.5 Å². The van der Waals surface area contributed by atoms with Gasteiger partial charge in [-0.15, -0.1) is 0 Å². The Labute approximate surface area is 540 Å². The third-order valence-electron chi connectivity index (χ3n) is 15.0. The van der Waals surface area contributed by atoms with Crippen LogP contribution in [0.3, 0.4) is 0 Å². The zero-order chi connectivity index (χ0) is 60.9. The number of nitrogens with zero attached hydrogens (tertiary/aromatic N) is 9. The summed E-state index contributed by atoms with van der Waals surface area (Å²) in [6.07, 6.45) is 38.6. The monoisotopic (exact) mass is 1260 g/mol. The van der Waals surface area contributed by atoms with Gasteiger partial charge in [-0.1, -0.05) is 171 Å². The Bertz CT molecular complexity index is 3000. The minimum Gasteiger partial charge on any atom is -0.372 e. The molecule has 9 nitrogen and oxygen atoms in total. The summed E-state index contributed by atoms with van der Waals surface area (Å²) in [5, 5.41) is 0. The quantitative estimate of drug-likeness (QED) is 0.0409. The first-order valence-corrected chi connectivity index (χ1v) is 32.1. The molecule has 0 bridgehead atoms. The Morgan fingerprint density at radius 2 is 0.477 bits per heavy atom. The summed E-state index contributed by atoms with van der Waals surface area (Å²) in [6, 6.07) is 56.7. The van der Waals surface area contributed by atoms with Crippen molar-refractivity contribution >= 4 is 53.5 Å². The fourth-order valence-electron chi connectivity index (χ4n) is 9.78. The molecule has 6 aromatic heterocycles. The smallest absolute Gasteiger partial charge is 0.0892 e. The van der Waals surface area contributed by atoms with E-state index in [2.05, 4.69) is 214 Å². The Balaban J connectivity index is 0.000000209. The van der Waals surface area contributed by atoms with Crippen LogP contribution >= 0.6 is 0 Å². The number of rotatable bonds is 30. The molecule has 0 spiro atoms. The Morgan fingerprint density at radius 1 is 0.250 bits per heavy atom. The topological polar surface area (TPSA) is 87.1 Å². The molecule has 0 amide bonds. The summed E-state index contributed by atoms with van der Waals surface area (Å²) in [5.41, 5.74) is 16.3. The zero-order valence-corrected chi connectivity index (χ0v) is 54.9. The summed E-state index contributed by atoms with van der Waals surface area (Å²) in [7, 11) is 0. The largest absolute Gasteiger partial charge is 0.372 e. The summed E-state index contributed by atoms with van der Waals surface area (Å²) in [4.78, 5) is 34.0. The molecule has 0 saturated heterocycles. The predicted molar refractivity (Wildman–Crippen MR) is 375 cm³/mol. The fraction of sp³-hybridized carbons (Fsp3) is 0.308. The van der Waals surface area contributed by atoms with E-state index in [0.29, 0.717) is 0 Å². The number of anilines is 3. The first-order valence-electron chi connectivity index (χ1n) is 32.1. The molecule has 6 heterocycles. The van der Waals surface area contributed by atoms with Gasteiger partial charge in [0.15, 0.2) is 0 Å². The van der Waals surface area contributed by atoms with Crippen molar-refractivity contribution in [1.29, 1.82) is 0 Å². The molecule has 9 aromatic rings. The van der Waals surface area contributed by atoms with E-state index in [0.717, 1.165) is 90.1 Å². The van der Waals surface area contributed by atoms with Crippen molar-refractivity contribution < 1.29 is 19.5 Å². The van der Waals surface area contributed by atoms with Gasteiger partial charge >= 0.3 is 0 Å². The van der Waals surface area contributed by atoms with Crippen LogP contribution < -0.4 is 14.7 Å². The fourth-order valence-corrected chi connectivity index (χ4v) is 9.78. The van der Waals surface area contributed by atoms with Crippen LogP contribution in [0.2, 0.25) is 0 Å². The first-order chi connectivity index (χ1) is 42.9. The van der Waals surface area contributed by atoms with Gasteiger partial charge in [0, 0.05) is 113 Å². The number of aromatic nitrogens is 6. The van der Waals surface area contributed by atoms with Crippen molar-refractivity contribution in [2.24, 2.45) is 0 Å². The number of benzene rings is 3. The maximum atomic E-state index is 4.44. The van der Waals surface area contributed by atoms with Gasteiger partial charge in [-0.3, -0.25) is 29.9 Å². The van der Waals surface area contributed by atoms with Crippen LogP contribution in [-0.4, -0.2) is 69.2 Å². The van der Waals surface area contributed by atoms with Crippen LogP contribution in [0, 0.1) is 0 Å². The molecule has 0 aliphatic rings. The van der Waals surface area contributed by atoms with E-state index in [1.165, 1.54) is 111 Å². The molecule has 0 N–H and O–H groups in total. The van der Waals surface area contributed by atoms with Gasteiger partial charge in [-0.25, -0.2) is 0 Å². The third-order valence-corrected chi connectivity index (χ3v) is 15.0. The van der Waals surface area contributed by atoms with E-state index in [1.54, 1.807) is 18.6 Å². The molecular weight excluding hydrogens is 1160 g/mol. The molecule has 10 heteroatoms. The summed E-state index contributed by atoms with van der Waals surface area (Å²) < 4.78 is 0.